The molecule has 0 spiro atoms. The molecule has 0 amide bonds. The van der Waals surface area contributed by atoms with Crippen LogP contribution < -0.4 is 5.73 Å². The van der Waals surface area contributed by atoms with E-state index in [0.717, 1.165) is 18.0 Å². The first-order valence-electron chi connectivity index (χ1n) is 6.48. The van der Waals surface area contributed by atoms with E-state index in [4.69, 9.17) is 5.73 Å². The molecule has 108 valence electrons. The Morgan fingerprint density at radius 2 is 1.89 bits per heavy atom. The van der Waals surface area contributed by atoms with Crippen LogP contribution in [0.2, 0.25) is 0 Å². The minimum atomic E-state index is -3.33. The van der Waals surface area contributed by atoms with Crippen LogP contribution in [0.5, 0.6) is 0 Å². The maximum Gasteiger partial charge on any atom is 0.252 e. The second-order valence-electron chi connectivity index (χ2n) is 4.96. The van der Waals surface area contributed by atoms with Crippen LogP contribution in [0.25, 0.3) is 0 Å². The van der Waals surface area contributed by atoms with Gasteiger partial charge in [0.05, 0.1) is 0 Å². The van der Waals surface area contributed by atoms with Crippen molar-refractivity contribution < 1.29 is 8.42 Å². The molecule has 1 aliphatic heterocycles. The molecule has 2 N–H and O–H groups in total. The first-order valence-corrected chi connectivity index (χ1v) is 8.74. The quantitative estimate of drug-likeness (QED) is 0.898. The normalized spacial score (nSPS) is 19.2. The molecule has 0 radical (unpaired) electrons. The number of hydrogen-bond donors (Lipinski definition) is 1. The van der Waals surface area contributed by atoms with E-state index in [2.05, 4.69) is 18.7 Å². The fourth-order valence-corrected chi connectivity index (χ4v) is 5.01. The SMILES string of the molecule is CC(C)N1CCN(S(=O)(=O)c2ccc(CN)s2)CC1. The first kappa shape index (κ1) is 14.9. The zero-order valence-electron chi connectivity index (χ0n) is 11.4. The van der Waals surface area contributed by atoms with E-state index in [0.29, 0.717) is 29.9 Å². The highest BCUT2D eigenvalue weighted by atomic mass is 32.2. The summed E-state index contributed by atoms with van der Waals surface area (Å²) >= 11 is 1.27. The second-order valence-corrected chi connectivity index (χ2v) is 8.29. The Labute approximate surface area is 119 Å². The maximum atomic E-state index is 12.5. The Kier molecular flexibility index (Phi) is 4.62. The molecule has 0 bridgehead atoms. The fraction of sp³-hybridized carbons (Fsp3) is 0.667. The summed E-state index contributed by atoms with van der Waals surface area (Å²) in [4.78, 5) is 3.20. The molecule has 0 aliphatic carbocycles. The molecule has 2 rings (SSSR count). The Balaban J connectivity index is 2.09. The van der Waals surface area contributed by atoms with Gasteiger partial charge in [0.2, 0.25) is 0 Å². The van der Waals surface area contributed by atoms with E-state index in [1.54, 1.807) is 16.4 Å². The molecule has 0 saturated carbocycles. The van der Waals surface area contributed by atoms with Crippen LogP contribution in [0, 0.1) is 0 Å². The third-order valence-corrected chi connectivity index (χ3v) is 6.91. The minimum Gasteiger partial charge on any atom is -0.326 e. The molecule has 1 saturated heterocycles. The summed E-state index contributed by atoms with van der Waals surface area (Å²) < 4.78 is 26.9. The highest BCUT2D eigenvalue weighted by Gasteiger charge is 2.30. The molecule has 5 nitrogen and oxygen atoms in total. The van der Waals surface area contributed by atoms with Crippen LogP contribution in [-0.2, 0) is 16.6 Å². The van der Waals surface area contributed by atoms with Crippen molar-refractivity contribution in [2.75, 3.05) is 26.2 Å². The van der Waals surface area contributed by atoms with Crippen molar-refractivity contribution in [3.63, 3.8) is 0 Å². The van der Waals surface area contributed by atoms with Crippen molar-refractivity contribution in [1.82, 2.24) is 9.21 Å². The van der Waals surface area contributed by atoms with Crippen molar-refractivity contribution in [3.8, 4) is 0 Å². The third kappa shape index (κ3) is 3.17. The molecule has 1 aliphatic rings. The van der Waals surface area contributed by atoms with Crippen LogP contribution in [0.15, 0.2) is 16.3 Å². The second kappa shape index (κ2) is 5.88. The maximum absolute atomic E-state index is 12.5. The van der Waals surface area contributed by atoms with Gasteiger partial charge in [0, 0.05) is 43.6 Å². The highest BCUT2D eigenvalue weighted by Crippen LogP contribution is 2.25. The molecule has 1 aromatic rings. The summed E-state index contributed by atoms with van der Waals surface area (Å²) in [5, 5.41) is 0. The molecule has 19 heavy (non-hydrogen) atoms. The van der Waals surface area contributed by atoms with Gasteiger partial charge in [-0.25, -0.2) is 8.42 Å². The van der Waals surface area contributed by atoms with Gasteiger partial charge in [-0.05, 0) is 26.0 Å². The summed E-state index contributed by atoms with van der Waals surface area (Å²) in [6.07, 6.45) is 0. The van der Waals surface area contributed by atoms with Crippen LogP contribution in [0.3, 0.4) is 0 Å². The lowest BCUT2D eigenvalue weighted by atomic mass is 10.3. The number of rotatable bonds is 4. The summed E-state index contributed by atoms with van der Waals surface area (Å²) in [6, 6.07) is 3.93. The van der Waals surface area contributed by atoms with Gasteiger partial charge in [0.1, 0.15) is 4.21 Å². The lowest BCUT2D eigenvalue weighted by molar-refractivity contribution is 0.154. The molecule has 1 fully saturated rings. The molecule has 0 atom stereocenters. The first-order chi connectivity index (χ1) is 8.95. The van der Waals surface area contributed by atoms with E-state index in [1.807, 2.05) is 0 Å². The number of thiophene rings is 1. The number of sulfonamides is 1. The summed E-state index contributed by atoms with van der Waals surface area (Å²) in [5.74, 6) is 0. The predicted octanol–water partition coefficient (Wildman–Crippen LogP) is 0.921. The zero-order valence-corrected chi connectivity index (χ0v) is 13.0. The van der Waals surface area contributed by atoms with Crippen LogP contribution in [0.4, 0.5) is 0 Å². The molecule has 2 heterocycles. The van der Waals surface area contributed by atoms with E-state index in [-0.39, 0.29) is 0 Å². The Bertz CT molecular complexity index is 517. The Morgan fingerprint density at radius 3 is 2.37 bits per heavy atom. The van der Waals surface area contributed by atoms with Gasteiger partial charge in [-0.3, -0.25) is 4.90 Å². The molecule has 1 aromatic heterocycles. The number of hydrogen-bond acceptors (Lipinski definition) is 5. The Morgan fingerprint density at radius 1 is 1.26 bits per heavy atom. The van der Waals surface area contributed by atoms with Crippen LogP contribution >= 0.6 is 11.3 Å². The van der Waals surface area contributed by atoms with Crippen molar-refractivity contribution in [2.24, 2.45) is 5.73 Å². The van der Waals surface area contributed by atoms with E-state index >= 15 is 0 Å². The van der Waals surface area contributed by atoms with Gasteiger partial charge in [0.25, 0.3) is 10.0 Å². The largest absolute Gasteiger partial charge is 0.326 e. The number of nitrogens with zero attached hydrogens (tertiary/aromatic N) is 2. The van der Waals surface area contributed by atoms with E-state index < -0.39 is 10.0 Å². The van der Waals surface area contributed by atoms with Gasteiger partial charge in [0.15, 0.2) is 0 Å². The molecule has 7 heteroatoms. The van der Waals surface area contributed by atoms with Gasteiger partial charge in [-0.2, -0.15) is 4.31 Å². The summed E-state index contributed by atoms with van der Waals surface area (Å²) in [7, 11) is -3.33. The summed E-state index contributed by atoms with van der Waals surface area (Å²) in [6.45, 7) is 7.39. The van der Waals surface area contributed by atoms with Gasteiger partial charge >= 0.3 is 0 Å². The van der Waals surface area contributed by atoms with E-state index in [1.165, 1.54) is 11.3 Å². The van der Waals surface area contributed by atoms with Crippen molar-refractivity contribution in [2.45, 2.75) is 30.6 Å². The zero-order chi connectivity index (χ0) is 14.0. The van der Waals surface area contributed by atoms with Crippen LogP contribution in [0.1, 0.15) is 18.7 Å². The average Bonchev–Trinajstić information content (AvgIpc) is 2.88. The van der Waals surface area contributed by atoms with Gasteiger partial charge in [-0.1, -0.05) is 0 Å². The number of piperazine rings is 1. The standard InChI is InChI=1S/C12H21N3O2S2/c1-10(2)14-5-7-15(8-6-14)19(16,17)12-4-3-11(9-13)18-12/h3-4,10H,5-9,13H2,1-2H3. The predicted molar refractivity (Wildman–Crippen MR) is 77.7 cm³/mol. The minimum absolute atomic E-state index is 0.390. The molecule has 0 unspecified atom stereocenters. The topological polar surface area (TPSA) is 66.6 Å². The average molecular weight is 303 g/mol. The van der Waals surface area contributed by atoms with Gasteiger partial charge in [-0.15, -0.1) is 11.3 Å². The number of nitrogens with two attached hydrogens (primary N) is 1. The molecular weight excluding hydrogens is 282 g/mol. The van der Waals surface area contributed by atoms with Crippen molar-refractivity contribution in [1.29, 1.82) is 0 Å². The lowest BCUT2D eigenvalue weighted by Gasteiger charge is -2.35. The summed E-state index contributed by atoms with van der Waals surface area (Å²) in [5.41, 5.74) is 5.53. The van der Waals surface area contributed by atoms with Crippen molar-refractivity contribution in [3.05, 3.63) is 17.0 Å². The third-order valence-electron chi connectivity index (χ3n) is 3.44. The van der Waals surface area contributed by atoms with Gasteiger partial charge < -0.3 is 5.73 Å². The van der Waals surface area contributed by atoms with E-state index in [9.17, 15) is 8.42 Å². The monoisotopic (exact) mass is 303 g/mol. The Hall–Kier alpha value is -0.470. The van der Waals surface area contributed by atoms with Crippen molar-refractivity contribution >= 4 is 21.4 Å². The lowest BCUT2D eigenvalue weighted by Crippen LogP contribution is -2.50. The molecular formula is C12H21N3O2S2. The molecule has 0 aromatic carbocycles. The fourth-order valence-electron chi connectivity index (χ4n) is 2.19. The highest BCUT2D eigenvalue weighted by molar-refractivity contribution is 7.91. The smallest absolute Gasteiger partial charge is 0.252 e. The van der Waals surface area contributed by atoms with Crippen LogP contribution in [-0.4, -0.2) is 49.8 Å².